The van der Waals surface area contributed by atoms with Gasteiger partial charge < -0.3 is 5.73 Å². The molecule has 7 heteroatoms. The summed E-state index contributed by atoms with van der Waals surface area (Å²) in [5.41, 5.74) is 7.04. The first-order valence-electron chi connectivity index (χ1n) is 6.13. The average Bonchev–Trinajstić information content (AvgIpc) is 2.42. The zero-order chi connectivity index (χ0) is 15.6. The van der Waals surface area contributed by atoms with E-state index in [2.05, 4.69) is 36.6 Å². The summed E-state index contributed by atoms with van der Waals surface area (Å²) in [5.74, 6) is 0. The molecule has 2 aromatic carbocycles. The predicted octanol–water partition coefficient (Wildman–Crippen LogP) is 4.03. The molecule has 0 aliphatic heterocycles. The Morgan fingerprint density at radius 3 is 2.48 bits per heavy atom. The molecule has 2 rings (SSSR count). The van der Waals surface area contributed by atoms with Crippen molar-refractivity contribution in [3.05, 3.63) is 57.0 Å². The monoisotopic (exact) mass is 432 g/mol. The summed E-state index contributed by atoms with van der Waals surface area (Å²) >= 11 is 6.66. The fraction of sp³-hybridized carbons (Fsp3) is 0.143. The number of sulfonamides is 1. The molecule has 0 amide bonds. The maximum atomic E-state index is 12.4. The smallest absolute Gasteiger partial charge is 0.261 e. The number of nitrogens with two attached hydrogens (primary N) is 1. The molecule has 0 bridgehead atoms. The molecule has 2 aromatic rings. The molecule has 0 spiro atoms. The van der Waals surface area contributed by atoms with Gasteiger partial charge >= 0.3 is 0 Å². The van der Waals surface area contributed by atoms with Crippen molar-refractivity contribution >= 4 is 47.6 Å². The second-order valence-corrected chi connectivity index (χ2v) is 8.04. The lowest BCUT2D eigenvalue weighted by Gasteiger charge is -2.12. The Bertz CT molecular complexity index is 761. The van der Waals surface area contributed by atoms with Crippen LogP contribution in [-0.4, -0.2) is 8.42 Å². The normalized spacial score (nSPS) is 13.0. The number of halogens is 2. The number of hydrogen-bond donors (Lipinski definition) is 2. The molecular formula is C14H14Br2N2O2S. The topological polar surface area (TPSA) is 72.2 Å². The highest BCUT2D eigenvalue weighted by Gasteiger charge is 2.16. The summed E-state index contributed by atoms with van der Waals surface area (Å²) in [6.07, 6.45) is 0. The van der Waals surface area contributed by atoms with E-state index in [1.54, 1.807) is 42.5 Å². The molecule has 3 N–H and O–H groups in total. The van der Waals surface area contributed by atoms with E-state index in [4.69, 9.17) is 5.73 Å². The molecule has 0 saturated heterocycles. The van der Waals surface area contributed by atoms with Crippen LogP contribution < -0.4 is 10.5 Å². The third kappa shape index (κ3) is 4.06. The summed E-state index contributed by atoms with van der Waals surface area (Å²) < 4.78 is 28.9. The van der Waals surface area contributed by atoms with Crippen molar-refractivity contribution in [1.29, 1.82) is 0 Å². The Morgan fingerprint density at radius 2 is 1.86 bits per heavy atom. The van der Waals surface area contributed by atoms with E-state index >= 15 is 0 Å². The van der Waals surface area contributed by atoms with Crippen LogP contribution in [0.4, 0.5) is 5.69 Å². The Morgan fingerprint density at radius 1 is 1.14 bits per heavy atom. The molecule has 4 nitrogen and oxygen atoms in total. The highest BCUT2D eigenvalue weighted by Crippen LogP contribution is 2.28. The molecule has 112 valence electrons. The standard InChI is InChI=1S/C14H14Br2N2O2S/c1-9(17)10-3-2-4-12(7-10)21(19,20)18-14-6-5-11(15)8-13(14)16/h2-9,18H,17H2,1H3. The van der Waals surface area contributed by atoms with Crippen molar-refractivity contribution in [2.24, 2.45) is 5.73 Å². The van der Waals surface area contributed by atoms with Gasteiger partial charge in [0.05, 0.1) is 10.6 Å². The van der Waals surface area contributed by atoms with E-state index in [0.717, 1.165) is 10.0 Å². The lowest BCUT2D eigenvalue weighted by atomic mass is 10.1. The molecule has 0 saturated carbocycles. The van der Waals surface area contributed by atoms with Crippen LogP contribution in [0.1, 0.15) is 18.5 Å². The average molecular weight is 434 g/mol. The molecular weight excluding hydrogens is 420 g/mol. The van der Waals surface area contributed by atoms with Crippen molar-refractivity contribution in [1.82, 2.24) is 0 Å². The van der Waals surface area contributed by atoms with Gasteiger partial charge in [0.15, 0.2) is 0 Å². The van der Waals surface area contributed by atoms with Crippen LogP contribution in [0.25, 0.3) is 0 Å². The first-order valence-corrected chi connectivity index (χ1v) is 9.20. The molecule has 21 heavy (non-hydrogen) atoms. The zero-order valence-electron chi connectivity index (χ0n) is 11.2. The largest absolute Gasteiger partial charge is 0.324 e. The lowest BCUT2D eigenvalue weighted by Crippen LogP contribution is -2.14. The molecule has 0 aliphatic carbocycles. The molecule has 0 heterocycles. The van der Waals surface area contributed by atoms with Crippen molar-refractivity contribution < 1.29 is 8.42 Å². The predicted molar refractivity (Wildman–Crippen MR) is 91.7 cm³/mol. The van der Waals surface area contributed by atoms with Crippen LogP contribution in [0.15, 0.2) is 56.3 Å². The first kappa shape index (κ1) is 16.5. The van der Waals surface area contributed by atoms with Gasteiger partial charge in [-0.2, -0.15) is 0 Å². The van der Waals surface area contributed by atoms with E-state index in [9.17, 15) is 8.42 Å². The Labute approximate surface area is 141 Å². The Hall–Kier alpha value is -0.890. The molecule has 0 fully saturated rings. The number of anilines is 1. The second-order valence-electron chi connectivity index (χ2n) is 4.59. The number of benzene rings is 2. The van der Waals surface area contributed by atoms with Gasteiger partial charge in [-0.1, -0.05) is 28.1 Å². The fourth-order valence-electron chi connectivity index (χ4n) is 1.74. The van der Waals surface area contributed by atoms with Gasteiger partial charge in [0.2, 0.25) is 0 Å². The van der Waals surface area contributed by atoms with Crippen LogP contribution in [0, 0.1) is 0 Å². The van der Waals surface area contributed by atoms with Gasteiger partial charge in [0, 0.05) is 15.0 Å². The second kappa shape index (κ2) is 6.48. The highest BCUT2D eigenvalue weighted by molar-refractivity contribution is 9.11. The van der Waals surface area contributed by atoms with Crippen molar-refractivity contribution in [3.8, 4) is 0 Å². The third-order valence-corrected chi connectivity index (χ3v) is 5.38. The summed E-state index contributed by atoms with van der Waals surface area (Å²) in [4.78, 5) is 0.187. The molecule has 0 aromatic heterocycles. The summed E-state index contributed by atoms with van der Waals surface area (Å²) in [5, 5.41) is 0. The van der Waals surface area contributed by atoms with Gasteiger partial charge in [-0.15, -0.1) is 0 Å². The van der Waals surface area contributed by atoms with Gasteiger partial charge in [0.25, 0.3) is 10.0 Å². The van der Waals surface area contributed by atoms with Crippen LogP contribution in [0.5, 0.6) is 0 Å². The number of hydrogen-bond acceptors (Lipinski definition) is 3. The lowest BCUT2D eigenvalue weighted by molar-refractivity contribution is 0.601. The van der Waals surface area contributed by atoms with Gasteiger partial charge in [0.1, 0.15) is 0 Å². The van der Waals surface area contributed by atoms with E-state index in [-0.39, 0.29) is 10.9 Å². The fourth-order valence-corrected chi connectivity index (χ4v) is 4.15. The van der Waals surface area contributed by atoms with Crippen molar-refractivity contribution in [2.75, 3.05) is 4.72 Å². The number of rotatable bonds is 4. The molecule has 0 radical (unpaired) electrons. The molecule has 1 atom stereocenters. The quantitative estimate of drug-likeness (QED) is 0.764. The van der Waals surface area contributed by atoms with E-state index in [1.807, 2.05) is 6.92 Å². The summed E-state index contributed by atoms with van der Waals surface area (Å²) in [6.45, 7) is 1.81. The van der Waals surface area contributed by atoms with Crippen molar-refractivity contribution in [3.63, 3.8) is 0 Å². The molecule has 1 unspecified atom stereocenters. The van der Waals surface area contributed by atoms with Crippen LogP contribution in [0.3, 0.4) is 0 Å². The highest BCUT2D eigenvalue weighted by atomic mass is 79.9. The minimum atomic E-state index is -3.66. The molecule has 0 aliphatic rings. The summed E-state index contributed by atoms with van der Waals surface area (Å²) in [6, 6.07) is 11.6. The SMILES string of the molecule is CC(N)c1cccc(S(=O)(=O)Nc2ccc(Br)cc2Br)c1. The first-order chi connectivity index (χ1) is 9.79. The maximum Gasteiger partial charge on any atom is 0.261 e. The summed E-state index contributed by atoms with van der Waals surface area (Å²) in [7, 11) is -3.66. The Balaban J connectivity index is 2.36. The minimum absolute atomic E-state index is 0.187. The van der Waals surface area contributed by atoms with Crippen molar-refractivity contribution in [2.45, 2.75) is 17.9 Å². The third-order valence-electron chi connectivity index (χ3n) is 2.87. The zero-order valence-corrected chi connectivity index (χ0v) is 15.2. The maximum absolute atomic E-state index is 12.4. The van der Waals surface area contributed by atoms with Gasteiger partial charge in [-0.3, -0.25) is 4.72 Å². The van der Waals surface area contributed by atoms with E-state index in [0.29, 0.717) is 10.2 Å². The van der Waals surface area contributed by atoms with Gasteiger partial charge in [-0.25, -0.2) is 8.42 Å². The van der Waals surface area contributed by atoms with Crippen LogP contribution in [-0.2, 0) is 10.0 Å². The van der Waals surface area contributed by atoms with E-state index in [1.165, 1.54) is 0 Å². The van der Waals surface area contributed by atoms with Crippen LogP contribution in [0.2, 0.25) is 0 Å². The van der Waals surface area contributed by atoms with Gasteiger partial charge in [-0.05, 0) is 58.7 Å². The van der Waals surface area contributed by atoms with E-state index < -0.39 is 10.0 Å². The Kier molecular flexibility index (Phi) is 5.08. The van der Waals surface area contributed by atoms with Crippen LogP contribution >= 0.6 is 31.9 Å². The minimum Gasteiger partial charge on any atom is -0.324 e. The number of nitrogens with one attached hydrogen (secondary N) is 1.